The summed E-state index contributed by atoms with van der Waals surface area (Å²) in [5.74, 6) is 3.82. The fraction of sp³-hybridized carbons (Fsp3) is 0.909. The number of nitrogens with zero attached hydrogens (tertiary/aromatic N) is 1. The molecule has 4 N–H and O–H groups in total. The Labute approximate surface area is 169 Å². The third kappa shape index (κ3) is 3.13. The Morgan fingerprint density at radius 1 is 1.04 bits per heavy atom. The lowest BCUT2D eigenvalue weighted by molar-refractivity contribution is -0.123. The van der Waals surface area contributed by atoms with Crippen LogP contribution in [0.1, 0.15) is 78.6 Å². The van der Waals surface area contributed by atoms with Crippen LogP contribution in [0.3, 0.4) is 0 Å². The standard InChI is InChI=1S/C22H37N3OS/c1-13(24-25-20(23)27)17-6-7-18-16-5-4-14-12-15(26)8-10-21(14,2)19(16)9-11-22(17,18)3/h14-19,26H,4-12H2,1-3H3,(H3,23,25,27)/t14-,15-,16+,17-,18-,19+,21-,22+/m0/s1. The van der Waals surface area contributed by atoms with Crippen molar-refractivity contribution in [3.63, 3.8) is 0 Å². The first kappa shape index (κ1) is 19.6. The van der Waals surface area contributed by atoms with Gasteiger partial charge in [0.1, 0.15) is 0 Å². The predicted molar refractivity (Wildman–Crippen MR) is 114 cm³/mol. The molecule has 4 saturated carbocycles. The highest BCUT2D eigenvalue weighted by Gasteiger charge is 2.60. The van der Waals surface area contributed by atoms with Crippen LogP contribution in [0.5, 0.6) is 0 Å². The zero-order valence-electron chi connectivity index (χ0n) is 17.2. The van der Waals surface area contributed by atoms with E-state index in [2.05, 4.69) is 31.3 Å². The number of thiocarbonyl (C=S) groups is 1. The van der Waals surface area contributed by atoms with Crippen LogP contribution in [0, 0.1) is 40.4 Å². The lowest BCUT2D eigenvalue weighted by atomic mass is 9.44. The van der Waals surface area contributed by atoms with E-state index < -0.39 is 0 Å². The summed E-state index contributed by atoms with van der Waals surface area (Å²) in [6.45, 7) is 7.25. The summed E-state index contributed by atoms with van der Waals surface area (Å²) in [6, 6.07) is 0. The fourth-order valence-electron chi connectivity index (χ4n) is 8.14. The van der Waals surface area contributed by atoms with Gasteiger partial charge in [-0.15, -0.1) is 0 Å². The second-order valence-electron chi connectivity index (χ2n) is 10.5. The molecule has 0 radical (unpaired) electrons. The van der Waals surface area contributed by atoms with Crippen molar-refractivity contribution < 1.29 is 5.11 Å². The molecule has 0 saturated heterocycles. The van der Waals surface area contributed by atoms with E-state index in [4.69, 9.17) is 18.0 Å². The Balaban J connectivity index is 1.55. The largest absolute Gasteiger partial charge is 0.393 e. The van der Waals surface area contributed by atoms with E-state index in [1.807, 2.05) is 0 Å². The van der Waals surface area contributed by atoms with Gasteiger partial charge in [-0.1, -0.05) is 13.8 Å². The molecule has 27 heavy (non-hydrogen) atoms. The van der Waals surface area contributed by atoms with Crippen LogP contribution in [0.2, 0.25) is 0 Å². The average Bonchev–Trinajstić information content (AvgIpc) is 2.97. The van der Waals surface area contributed by atoms with Crippen LogP contribution in [0.4, 0.5) is 0 Å². The molecule has 0 aromatic rings. The highest BCUT2D eigenvalue weighted by molar-refractivity contribution is 7.80. The summed E-state index contributed by atoms with van der Waals surface area (Å²) in [7, 11) is 0. The number of fused-ring (bicyclic) bond motifs is 5. The van der Waals surface area contributed by atoms with Gasteiger partial charge < -0.3 is 10.8 Å². The number of aliphatic hydroxyl groups is 1. The highest BCUT2D eigenvalue weighted by atomic mass is 32.1. The van der Waals surface area contributed by atoms with Crippen molar-refractivity contribution in [3.05, 3.63) is 0 Å². The van der Waals surface area contributed by atoms with Crippen molar-refractivity contribution >= 4 is 23.0 Å². The van der Waals surface area contributed by atoms with E-state index in [0.29, 0.717) is 16.7 Å². The number of nitrogens with one attached hydrogen (secondary N) is 1. The van der Waals surface area contributed by atoms with Gasteiger partial charge >= 0.3 is 0 Å². The van der Waals surface area contributed by atoms with Gasteiger partial charge in [0.15, 0.2) is 5.11 Å². The van der Waals surface area contributed by atoms with Crippen molar-refractivity contribution in [1.29, 1.82) is 0 Å². The minimum Gasteiger partial charge on any atom is -0.393 e. The first-order chi connectivity index (χ1) is 12.8. The number of rotatable bonds is 2. The van der Waals surface area contributed by atoms with E-state index in [-0.39, 0.29) is 11.2 Å². The third-order valence-corrected chi connectivity index (χ3v) is 9.58. The molecule has 0 aliphatic heterocycles. The maximum absolute atomic E-state index is 10.2. The first-order valence-corrected chi connectivity index (χ1v) is 11.4. The Hall–Kier alpha value is -0.680. The fourth-order valence-corrected chi connectivity index (χ4v) is 8.19. The highest BCUT2D eigenvalue weighted by Crippen LogP contribution is 2.67. The van der Waals surface area contributed by atoms with Crippen LogP contribution in [0.25, 0.3) is 0 Å². The number of hydrazone groups is 1. The SMILES string of the molecule is CC(=NNC(N)=S)[C@@H]1CC[C@H]2[C@H]3CC[C@H]4C[C@@H](O)CC[C@]4(C)[C@@H]3CC[C@]12C. The topological polar surface area (TPSA) is 70.6 Å². The summed E-state index contributed by atoms with van der Waals surface area (Å²) in [5.41, 5.74) is 10.4. The Morgan fingerprint density at radius 2 is 1.74 bits per heavy atom. The van der Waals surface area contributed by atoms with E-state index in [0.717, 1.165) is 36.5 Å². The lowest BCUT2D eigenvalue weighted by Gasteiger charge is -2.61. The summed E-state index contributed by atoms with van der Waals surface area (Å²) in [6.07, 6.45) is 11.2. The normalized spacial score (nSPS) is 49.7. The minimum atomic E-state index is -0.0515. The number of nitrogens with two attached hydrogens (primary N) is 1. The zero-order valence-corrected chi connectivity index (χ0v) is 18.0. The quantitative estimate of drug-likeness (QED) is 0.374. The molecule has 4 rings (SSSR count). The van der Waals surface area contributed by atoms with E-state index >= 15 is 0 Å². The van der Waals surface area contributed by atoms with Crippen LogP contribution >= 0.6 is 12.2 Å². The molecule has 4 aliphatic rings. The van der Waals surface area contributed by atoms with E-state index in [1.54, 1.807) is 0 Å². The molecule has 4 aliphatic carbocycles. The van der Waals surface area contributed by atoms with Crippen molar-refractivity contribution in [1.82, 2.24) is 5.43 Å². The molecule has 5 heteroatoms. The number of aliphatic hydroxyl groups excluding tert-OH is 1. The van der Waals surface area contributed by atoms with Crippen molar-refractivity contribution in [2.75, 3.05) is 0 Å². The van der Waals surface area contributed by atoms with Crippen molar-refractivity contribution in [3.8, 4) is 0 Å². The summed E-state index contributed by atoms with van der Waals surface area (Å²) < 4.78 is 0. The Morgan fingerprint density at radius 3 is 2.48 bits per heavy atom. The van der Waals surface area contributed by atoms with Crippen LogP contribution in [0.15, 0.2) is 5.10 Å². The van der Waals surface area contributed by atoms with Gasteiger partial charge in [-0.25, -0.2) is 0 Å². The van der Waals surface area contributed by atoms with Crippen LogP contribution < -0.4 is 11.2 Å². The zero-order chi connectivity index (χ0) is 19.4. The van der Waals surface area contributed by atoms with Gasteiger partial charge in [0, 0.05) is 11.6 Å². The summed E-state index contributed by atoms with van der Waals surface area (Å²) >= 11 is 4.92. The molecule has 0 bridgehead atoms. The molecule has 0 aromatic carbocycles. The Kier molecular flexibility index (Phi) is 5.07. The third-order valence-electron chi connectivity index (χ3n) is 9.48. The Bertz CT molecular complexity index is 637. The van der Waals surface area contributed by atoms with Gasteiger partial charge in [0.05, 0.1) is 6.10 Å². The van der Waals surface area contributed by atoms with Gasteiger partial charge in [0.2, 0.25) is 0 Å². The predicted octanol–water partition coefficient (Wildman–Crippen LogP) is 4.22. The molecule has 8 atom stereocenters. The molecular formula is C22H37N3OS. The summed E-state index contributed by atoms with van der Waals surface area (Å²) in [4.78, 5) is 0. The second kappa shape index (κ2) is 6.98. The van der Waals surface area contributed by atoms with E-state index in [9.17, 15) is 5.11 Å². The minimum absolute atomic E-state index is 0.0515. The maximum Gasteiger partial charge on any atom is 0.184 e. The molecule has 0 heterocycles. The molecule has 0 spiro atoms. The molecule has 152 valence electrons. The number of hydrogen-bond acceptors (Lipinski definition) is 3. The van der Waals surface area contributed by atoms with Gasteiger partial charge in [-0.05, 0) is 111 Å². The molecule has 0 unspecified atom stereocenters. The smallest absolute Gasteiger partial charge is 0.184 e. The molecule has 0 aromatic heterocycles. The first-order valence-electron chi connectivity index (χ1n) is 11.0. The monoisotopic (exact) mass is 391 g/mol. The van der Waals surface area contributed by atoms with Gasteiger partial charge in [-0.3, -0.25) is 5.43 Å². The van der Waals surface area contributed by atoms with Crippen LogP contribution in [-0.2, 0) is 0 Å². The second-order valence-corrected chi connectivity index (χ2v) is 10.9. The van der Waals surface area contributed by atoms with Gasteiger partial charge in [0.25, 0.3) is 0 Å². The number of hydrogen-bond donors (Lipinski definition) is 3. The lowest BCUT2D eigenvalue weighted by Crippen LogP contribution is -2.54. The van der Waals surface area contributed by atoms with Crippen molar-refractivity contribution in [2.45, 2.75) is 84.7 Å². The average molecular weight is 392 g/mol. The molecule has 0 amide bonds. The maximum atomic E-state index is 10.2. The molecule has 4 fully saturated rings. The van der Waals surface area contributed by atoms with Crippen molar-refractivity contribution in [2.24, 2.45) is 51.3 Å². The van der Waals surface area contributed by atoms with Gasteiger partial charge in [-0.2, -0.15) is 5.10 Å². The molecular weight excluding hydrogens is 354 g/mol. The molecule has 4 nitrogen and oxygen atoms in total. The summed E-state index contributed by atoms with van der Waals surface area (Å²) in [5, 5.41) is 15.0. The van der Waals surface area contributed by atoms with Crippen LogP contribution in [-0.4, -0.2) is 22.0 Å². The van der Waals surface area contributed by atoms with E-state index in [1.165, 1.54) is 50.7 Å².